The predicted molar refractivity (Wildman–Crippen MR) is 118 cm³/mol. The zero-order chi connectivity index (χ0) is 21.0. The topological polar surface area (TPSA) is 43.7 Å². The van der Waals surface area contributed by atoms with Crippen molar-refractivity contribution in [3.05, 3.63) is 64.5 Å². The minimum Gasteiger partial charge on any atom is -0.477 e. The maximum absolute atomic E-state index is 13.2. The second-order valence-corrected chi connectivity index (χ2v) is 8.31. The van der Waals surface area contributed by atoms with Gasteiger partial charge < -0.3 is 14.0 Å². The van der Waals surface area contributed by atoms with Gasteiger partial charge in [0.05, 0.1) is 5.56 Å². The molecule has 0 saturated carbocycles. The van der Waals surface area contributed by atoms with Crippen LogP contribution in [0.25, 0.3) is 17.0 Å². The number of rotatable bonds is 3. The molecule has 5 nitrogen and oxygen atoms in total. The van der Waals surface area contributed by atoms with E-state index in [9.17, 15) is 4.79 Å². The van der Waals surface area contributed by atoms with Crippen LogP contribution in [0.1, 0.15) is 47.8 Å². The molecule has 0 atom stereocenters. The van der Waals surface area contributed by atoms with Crippen molar-refractivity contribution in [3.63, 3.8) is 0 Å². The molecule has 2 aliphatic heterocycles. The number of fused-ring (bicyclic) bond motifs is 3. The van der Waals surface area contributed by atoms with Crippen LogP contribution in [0.3, 0.4) is 0 Å². The second kappa shape index (κ2) is 7.03. The first kappa shape index (κ1) is 18.9. The minimum atomic E-state index is -0.0640. The fourth-order valence-electron chi connectivity index (χ4n) is 4.39. The Balaban J connectivity index is 1.56. The van der Waals surface area contributed by atoms with Crippen molar-refractivity contribution >= 4 is 22.8 Å². The van der Waals surface area contributed by atoms with Crippen molar-refractivity contribution in [3.8, 4) is 11.5 Å². The number of para-hydroxylation sites is 1. The highest BCUT2D eigenvalue weighted by atomic mass is 16.5. The number of ether oxygens (including phenoxy) is 2. The van der Waals surface area contributed by atoms with Gasteiger partial charge in [0.2, 0.25) is 5.78 Å². The molecule has 0 aliphatic carbocycles. The van der Waals surface area contributed by atoms with E-state index in [1.165, 1.54) is 0 Å². The van der Waals surface area contributed by atoms with E-state index in [0.717, 1.165) is 46.4 Å². The number of aryl methyl sites for hydroxylation is 1. The molecule has 2 aliphatic rings. The van der Waals surface area contributed by atoms with E-state index < -0.39 is 0 Å². The Hall–Kier alpha value is -3.05. The number of carbonyl (C=O) groups is 1. The quantitative estimate of drug-likeness (QED) is 0.569. The van der Waals surface area contributed by atoms with Crippen molar-refractivity contribution < 1.29 is 14.3 Å². The molecule has 0 unspecified atom stereocenters. The summed E-state index contributed by atoms with van der Waals surface area (Å²) in [5.74, 6) is 1.78. The number of hydrogen-bond donors (Lipinski definition) is 0. The van der Waals surface area contributed by atoms with E-state index >= 15 is 0 Å². The maximum atomic E-state index is 13.2. The molecule has 5 rings (SSSR count). The first-order chi connectivity index (χ1) is 14.5. The molecule has 3 heterocycles. The number of benzene rings is 2. The van der Waals surface area contributed by atoms with Gasteiger partial charge in [0.1, 0.15) is 18.2 Å². The van der Waals surface area contributed by atoms with Crippen molar-refractivity contribution in [2.75, 3.05) is 6.73 Å². The van der Waals surface area contributed by atoms with Crippen molar-refractivity contribution in [1.29, 1.82) is 0 Å². The summed E-state index contributed by atoms with van der Waals surface area (Å²) >= 11 is 0. The maximum Gasteiger partial charge on any atom is 0.231 e. The summed E-state index contributed by atoms with van der Waals surface area (Å²) in [6.45, 7) is 10.6. The standard InChI is InChI=1S/C25H26N2O3/c1-5-26-12-17(19-8-6-7-9-21(19)26)11-22-23(28)20-10-18-13-27(15(2)3)14-29-24(18)16(4)25(20)30-22/h6-12,15H,5,13-14H2,1-4H3/b22-11-. The van der Waals surface area contributed by atoms with Gasteiger partial charge in [-0.15, -0.1) is 0 Å². The molecule has 2 aromatic carbocycles. The van der Waals surface area contributed by atoms with Crippen LogP contribution in [-0.4, -0.2) is 28.0 Å². The Morgan fingerprint density at radius 3 is 2.77 bits per heavy atom. The SMILES string of the molecule is CCn1cc(/C=C2\Oc3c(cc4c(c3C)OCN(C(C)C)C4)C2=O)c2ccccc21. The van der Waals surface area contributed by atoms with Crippen LogP contribution in [0.15, 0.2) is 42.3 Å². The van der Waals surface area contributed by atoms with E-state index in [-0.39, 0.29) is 5.78 Å². The molecule has 0 amide bonds. The molecule has 154 valence electrons. The summed E-state index contributed by atoms with van der Waals surface area (Å²) in [6, 6.07) is 10.6. The molecule has 5 heteroatoms. The highest BCUT2D eigenvalue weighted by molar-refractivity contribution is 6.15. The van der Waals surface area contributed by atoms with E-state index in [2.05, 4.69) is 48.6 Å². The lowest BCUT2D eigenvalue weighted by Gasteiger charge is -2.32. The van der Waals surface area contributed by atoms with Crippen LogP contribution in [0.4, 0.5) is 0 Å². The lowest BCUT2D eigenvalue weighted by atomic mass is 9.99. The minimum absolute atomic E-state index is 0.0640. The van der Waals surface area contributed by atoms with Crippen LogP contribution < -0.4 is 9.47 Å². The molecule has 0 N–H and O–H groups in total. The summed E-state index contributed by atoms with van der Waals surface area (Å²) in [5.41, 5.74) is 4.73. The lowest BCUT2D eigenvalue weighted by molar-refractivity contribution is 0.0678. The van der Waals surface area contributed by atoms with Crippen molar-refractivity contribution in [1.82, 2.24) is 9.47 Å². The number of nitrogens with zero attached hydrogens (tertiary/aromatic N) is 2. The molecule has 0 radical (unpaired) electrons. The van der Waals surface area contributed by atoms with Crippen LogP contribution in [0, 0.1) is 6.92 Å². The Bertz CT molecular complexity index is 1200. The summed E-state index contributed by atoms with van der Waals surface area (Å²) in [5, 5.41) is 1.12. The largest absolute Gasteiger partial charge is 0.477 e. The Labute approximate surface area is 176 Å². The van der Waals surface area contributed by atoms with Crippen LogP contribution in [0.2, 0.25) is 0 Å². The van der Waals surface area contributed by atoms with E-state index in [1.807, 2.05) is 31.2 Å². The highest BCUT2D eigenvalue weighted by Gasteiger charge is 2.34. The van der Waals surface area contributed by atoms with Gasteiger partial charge in [-0.1, -0.05) is 18.2 Å². The first-order valence-corrected chi connectivity index (χ1v) is 10.5. The summed E-state index contributed by atoms with van der Waals surface area (Å²) in [7, 11) is 0. The van der Waals surface area contributed by atoms with Gasteiger partial charge in [-0.25, -0.2) is 0 Å². The average molecular weight is 402 g/mol. The third kappa shape index (κ3) is 2.84. The molecule has 1 aromatic heterocycles. The fourth-order valence-corrected chi connectivity index (χ4v) is 4.39. The van der Waals surface area contributed by atoms with Crippen LogP contribution in [-0.2, 0) is 13.1 Å². The zero-order valence-electron chi connectivity index (χ0n) is 17.9. The number of hydrogen-bond acceptors (Lipinski definition) is 4. The molecular weight excluding hydrogens is 376 g/mol. The average Bonchev–Trinajstić information content (AvgIpc) is 3.26. The smallest absolute Gasteiger partial charge is 0.231 e. The Morgan fingerprint density at radius 1 is 1.20 bits per heavy atom. The van der Waals surface area contributed by atoms with Gasteiger partial charge in [-0.05, 0) is 45.9 Å². The van der Waals surface area contributed by atoms with E-state index in [1.54, 1.807) is 0 Å². The van der Waals surface area contributed by atoms with Gasteiger partial charge in [0.15, 0.2) is 5.76 Å². The summed E-state index contributed by atoms with van der Waals surface area (Å²) < 4.78 is 14.3. The van der Waals surface area contributed by atoms with E-state index in [4.69, 9.17) is 9.47 Å². The van der Waals surface area contributed by atoms with Gasteiger partial charge in [-0.3, -0.25) is 9.69 Å². The Morgan fingerprint density at radius 2 is 2.00 bits per heavy atom. The predicted octanol–water partition coefficient (Wildman–Crippen LogP) is 5.15. The number of aromatic nitrogens is 1. The molecule has 0 bridgehead atoms. The summed E-state index contributed by atoms with van der Waals surface area (Å²) in [6.07, 6.45) is 3.95. The third-order valence-electron chi connectivity index (χ3n) is 6.14. The van der Waals surface area contributed by atoms with Crippen LogP contribution in [0.5, 0.6) is 11.5 Å². The number of Topliss-reactive ketones (excluding diaryl/α,β-unsaturated/α-hetero) is 1. The first-order valence-electron chi connectivity index (χ1n) is 10.5. The summed E-state index contributed by atoms with van der Waals surface area (Å²) in [4.78, 5) is 15.5. The Kier molecular flexibility index (Phi) is 4.44. The third-order valence-corrected chi connectivity index (χ3v) is 6.14. The molecule has 3 aromatic rings. The number of allylic oxidation sites excluding steroid dienone is 1. The fraction of sp³-hybridized carbons (Fsp3) is 0.320. The second-order valence-electron chi connectivity index (χ2n) is 8.31. The molecule has 30 heavy (non-hydrogen) atoms. The number of carbonyl (C=O) groups excluding carboxylic acids is 1. The highest BCUT2D eigenvalue weighted by Crippen LogP contribution is 2.43. The van der Waals surface area contributed by atoms with Gasteiger partial charge in [0, 0.05) is 52.9 Å². The molecule has 0 fully saturated rings. The molecular formula is C25H26N2O3. The van der Waals surface area contributed by atoms with Gasteiger partial charge in [-0.2, -0.15) is 0 Å². The van der Waals surface area contributed by atoms with E-state index in [0.29, 0.717) is 29.8 Å². The normalized spacial score (nSPS) is 17.4. The van der Waals surface area contributed by atoms with Gasteiger partial charge in [0.25, 0.3) is 0 Å². The molecule has 0 saturated heterocycles. The lowest BCUT2D eigenvalue weighted by Crippen LogP contribution is -2.37. The van der Waals surface area contributed by atoms with Gasteiger partial charge >= 0.3 is 0 Å². The molecule has 0 spiro atoms. The van der Waals surface area contributed by atoms with Crippen LogP contribution >= 0.6 is 0 Å². The zero-order valence-corrected chi connectivity index (χ0v) is 17.9. The number of ketones is 1. The monoisotopic (exact) mass is 402 g/mol. The van der Waals surface area contributed by atoms with Crippen molar-refractivity contribution in [2.24, 2.45) is 0 Å². The van der Waals surface area contributed by atoms with Crippen molar-refractivity contribution in [2.45, 2.75) is 46.8 Å².